The van der Waals surface area contributed by atoms with Crippen LogP contribution in [0.25, 0.3) is 11.3 Å². The molecular weight excluding hydrogens is 304 g/mol. The molecule has 0 radical (unpaired) electrons. The Morgan fingerprint density at radius 2 is 1.83 bits per heavy atom. The molecule has 0 spiro atoms. The van der Waals surface area contributed by atoms with Crippen LogP contribution in [0.5, 0.6) is 5.75 Å². The van der Waals surface area contributed by atoms with Crippen LogP contribution in [0, 0.1) is 6.92 Å². The van der Waals surface area contributed by atoms with Crippen LogP contribution in [0.2, 0.25) is 0 Å². The molecule has 3 aromatic rings. The Hall–Kier alpha value is -3.08. The quantitative estimate of drug-likeness (QED) is 0.779. The molecular formula is C19H18N2O3. The first-order valence-corrected chi connectivity index (χ1v) is 7.62. The minimum Gasteiger partial charge on any atom is -0.497 e. The van der Waals surface area contributed by atoms with Crippen LogP contribution in [0.1, 0.15) is 21.7 Å². The number of rotatable bonds is 5. The van der Waals surface area contributed by atoms with Crippen molar-refractivity contribution in [1.29, 1.82) is 0 Å². The lowest BCUT2D eigenvalue weighted by atomic mass is 10.1. The van der Waals surface area contributed by atoms with Gasteiger partial charge in [-0.3, -0.25) is 4.79 Å². The molecule has 0 aliphatic carbocycles. The first-order valence-electron chi connectivity index (χ1n) is 7.62. The minimum absolute atomic E-state index is 0.205. The highest BCUT2D eigenvalue weighted by atomic mass is 16.5. The van der Waals surface area contributed by atoms with Crippen molar-refractivity contribution in [1.82, 2.24) is 10.5 Å². The number of amides is 1. The smallest absolute Gasteiger partial charge is 0.257 e. The molecule has 2 aromatic carbocycles. The van der Waals surface area contributed by atoms with Crippen molar-refractivity contribution in [3.8, 4) is 17.0 Å². The molecule has 1 heterocycles. The Morgan fingerprint density at radius 1 is 1.12 bits per heavy atom. The van der Waals surface area contributed by atoms with Gasteiger partial charge in [-0.15, -0.1) is 0 Å². The van der Waals surface area contributed by atoms with Crippen molar-refractivity contribution in [2.45, 2.75) is 13.5 Å². The van der Waals surface area contributed by atoms with Gasteiger partial charge in [-0.2, -0.15) is 0 Å². The summed E-state index contributed by atoms with van der Waals surface area (Å²) in [6, 6.07) is 17.1. The molecule has 1 aromatic heterocycles. The van der Waals surface area contributed by atoms with E-state index in [9.17, 15) is 4.79 Å². The Kier molecular flexibility index (Phi) is 4.61. The number of hydrogen-bond donors (Lipinski definition) is 1. The van der Waals surface area contributed by atoms with Crippen molar-refractivity contribution in [2.75, 3.05) is 7.11 Å². The number of nitrogens with zero attached hydrogens (tertiary/aromatic N) is 1. The van der Waals surface area contributed by atoms with Gasteiger partial charge in [0.05, 0.1) is 7.11 Å². The first kappa shape index (κ1) is 15.8. The number of carbonyl (C=O) groups is 1. The Morgan fingerprint density at radius 3 is 2.50 bits per heavy atom. The second kappa shape index (κ2) is 7.00. The van der Waals surface area contributed by atoms with E-state index in [1.807, 2.05) is 54.6 Å². The first-order chi connectivity index (χ1) is 11.7. The van der Waals surface area contributed by atoms with E-state index in [0.717, 1.165) is 16.9 Å². The summed E-state index contributed by atoms with van der Waals surface area (Å²) in [4.78, 5) is 12.6. The third kappa shape index (κ3) is 3.30. The van der Waals surface area contributed by atoms with Crippen LogP contribution in [-0.2, 0) is 6.54 Å². The van der Waals surface area contributed by atoms with Crippen molar-refractivity contribution in [3.63, 3.8) is 0 Å². The molecule has 0 saturated carbocycles. The van der Waals surface area contributed by atoms with Gasteiger partial charge in [-0.05, 0) is 24.6 Å². The molecule has 0 aliphatic heterocycles. The second-order valence-corrected chi connectivity index (χ2v) is 5.36. The predicted octanol–water partition coefficient (Wildman–Crippen LogP) is 3.59. The van der Waals surface area contributed by atoms with E-state index in [0.29, 0.717) is 23.6 Å². The highest BCUT2D eigenvalue weighted by molar-refractivity contribution is 6.00. The lowest BCUT2D eigenvalue weighted by molar-refractivity contribution is 0.0950. The summed E-state index contributed by atoms with van der Waals surface area (Å²) in [5.74, 6) is 1.08. The number of nitrogens with one attached hydrogen (secondary N) is 1. The fourth-order valence-electron chi connectivity index (χ4n) is 2.45. The molecule has 5 heteroatoms. The van der Waals surface area contributed by atoms with Gasteiger partial charge < -0.3 is 14.6 Å². The number of methoxy groups -OCH3 is 1. The third-order valence-electron chi connectivity index (χ3n) is 3.75. The van der Waals surface area contributed by atoms with Gasteiger partial charge in [0.2, 0.25) is 0 Å². The average Bonchev–Trinajstić information content (AvgIpc) is 3.02. The van der Waals surface area contributed by atoms with Gasteiger partial charge in [0.25, 0.3) is 5.91 Å². The number of aryl methyl sites for hydroxylation is 1. The van der Waals surface area contributed by atoms with Gasteiger partial charge in [0, 0.05) is 12.1 Å². The zero-order valence-electron chi connectivity index (χ0n) is 13.6. The number of aromatic nitrogens is 1. The van der Waals surface area contributed by atoms with Crippen LogP contribution in [0.4, 0.5) is 0 Å². The molecule has 1 amide bonds. The van der Waals surface area contributed by atoms with E-state index in [-0.39, 0.29) is 5.91 Å². The highest BCUT2D eigenvalue weighted by Crippen LogP contribution is 2.25. The van der Waals surface area contributed by atoms with Crippen molar-refractivity contribution < 1.29 is 14.1 Å². The standard InChI is InChI=1S/C19H18N2O3/c1-13-17(18(21-24-13)15-6-4-3-5-7-15)19(22)20-12-14-8-10-16(23-2)11-9-14/h3-11H,12H2,1-2H3,(H,20,22). The highest BCUT2D eigenvalue weighted by Gasteiger charge is 2.21. The molecule has 0 fully saturated rings. The average molecular weight is 322 g/mol. The fraction of sp³-hybridized carbons (Fsp3) is 0.158. The molecule has 122 valence electrons. The van der Waals surface area contributed by atoms with Crippen LogP contribution in [0.3, 0.4) is 0 Å². The lowest BCUT2D eigenvalue weighted by Gasteiger charge is -2.07. The second-order valence-electron chi connectivity index (χ2n) is 5.36. The van der Waals surface area contributed by atoms with E-state index in [2.05, 4.69) is 10.5 Å². The summed E-state index contributed by atoms with van der Waals surface area (Å²) < 4.78 is 10.4. The summed E-state index contributed by atoms with van der Waals surface area (Å²) in [7, 11) is 1.62. The maximum atomic E-state index is 12.6. The summed E-state index contributed by atoms with van der Waals surface area (Å²) in [6.45, 7) is 2.16. The number of ether oxygens (including phenoxy) is 1. The minimum atomic E-state index is -0.205. The van der Waals surface area contributed by atoms with Gasteiger partial charge in [-0.1, -0.05) is 47.6 Å². The number of carbonyl (C=O) groups excluding carboxylic acids is 1. The summed E-state index contributed by atoms with van der Waals surface area (Å²) in [6.07, 6.45) is 0. The van der Waals surface area contributed by atoms with Gasteiger partial charge >= 0.3 is 0 Å². The lowest BCUT2D eigenvalue weighted by Crippen LogP contribution is -2.23. The monoisotopic (exact) mass is 322 g/mol. The summed E-state index contributed by atoms with van der Waals surface area (Å²) >= 11 is 0. The van der Waals surface area contributed by atoms with Crippen LogP contribution in [0.15, 0.2) is 59.1 Å². The van der Waals surface area contributed by atoms with E-state index in [4.69, 9.17) is 9.26 Å². The largest absolute Gasteiger partial charge is 0.497 e. The van der Waals surface area contributed by atoms with E-state index >= 15 is 0 Å². The molecule has 0 unspecified atom stereocenters. The molecule has 0 bridgehead atoms. The van der Waals surface area contributed by atoms with Crippen molar-refractivity contribution >= 4 is 5.91 Å². The molecule has 3 rings (SSSR count). The zero-order valence-corrected chi connectivity index (χ0v) is 13.6. The van der Waals surface area contributed by atoms with Gasteiger partial charge in [0.15, 0.2) is 0 Å². The zero-order chi connectivity index (χ0) is 16.9. The molecule has 24 heavy (non-hydrogen) atoms. The van der Waals surface area contributed by atoms with E-state index in [1.54, 1.807) is 14.0 Å². The maximum Gasteiger partial charge on any atom is 0.257 e. The Labute approximate surface area is 140 Å². The van der Waals surface area contributed by atoms with E-state index < -0.39 is 0 Å². The van der Waals surface area contributed by atoms with Crippen LogP contribution < -0.4 is 10.1 Å². The summed E-state index contributed by atoms with van der Waals surface area (Å²) in [5, 5.41) is 6.94. The maximum absolute atomic E-state index is 12.6. The van der Waals surface area contributed by atoms with Gasteiger partial charge in [-0.25, -0.2) is 0 Å². The normalized spacial score (nSPS) is 10.4. The van der Waals surface area contributed by atoms with Crippen LogP contribution >= 0.6 is 0 Å². The van der Waals surface area contributed by atoms with E-state index in [1.165, 1.54) is 0 Å². The molecule has 0 atom stereocenters. The predicted molar refractivity (Wildman–Crippen MR) is 90.8 cm³/mol. The Bertz CT molecular complexity index is 824. The molecule has 0 aliphatic rings. The SMILES string of the molecule is COc1ccc(CNC(=O)c2c(-c3ccccc3)noc2C)cc1. The third-order valence-corrected chi connectivity index (χ3v) is 3.75. The van der Waals surface area contributed by atoms with Crippen molar-refractivity contribution in [3.05, 3.63) is 71.5 Å². The van der Waals surface area contributed by atoms with Crippen molar-refractivity contribution in [2.24, 2.45) is 0 Å². The Balaban J connectivity index is 1.76. The fourth-order valence-corrected chi connectivity index (χ4v) is 2.45. The molecule has 1 N–H and O–H groups in total. The van der Waals surface area contributed by atoms with Gasteiger partial charge in [0.1, 0.15) is 22.8 Å². The summed E-state index contributed by atoms with van der Waals surface area (Å²) in [5.41, 5.74) is 2.86. The number of hydrogen-bond acceptors (Lipinski definition) is 4. The molecule has 0 saturated heterocycles. The molecule has 5 nitrogen and oxygen atoms in total. The van der Waals surface area contributed by atoms with Crippen LogP contribution in [-0.4, -0.2) is 18.2 Å². The topological polar surface area (TPSA) is 64.4 Å². The number of benzene rings is 2.